The predicted octanol–water partition coefficient (Wildman–Crippen LogP) is 4.12. The second kappa shape index (κ2) is 7.56. The maximum Gasteiger partial charge on any atom is 0.484 e. The van der Waals surface area contributed by atoms with E-state index in [2.05, 4.69) is 18.2 Å². The van der Waals surface area contributed by atoms with E-state index in [0.717, 1.165) is 46.6 Å². The summed E-state index contributed by atoms with van der Waals surface area (Å²) in [5.74, 6) is 3.33. The first-order valence-corrected chi connectivity index (χ1v) is 9.19. The van der Waals surface area contributed by atoms with Crippen molar-refractivity contribution in [1.29, 1.82) is 0 Å². The van der Waals surface area contributed by atoms with E-state index in [1.54, 1.807) is 13.1 Å². The Morgan fingerprint density at radius 1 is 1.00 bits per heavy atom. The largest absolute Gasteiger partial charge is 0.493 e. The molecule has 0 amide bonds. The van der Waals surface area contributed by atoms with Gasteiger partial charge in [-0.05, 0) is 72.1 Å². The highest BCUT2D eigenvalue weighted by Gasteiger charge is 2.21. The average molecular weight is 350 g/mol. The molecule has 4 nitrogen and oxygen atoms in total. The van der Waals surface area contributed by atoms with Crippen LogP contribution in [0.25, 0.3) is 16.7 Å². The van der Waals surface area contributed by atoms with Gasteiger partial charge >= 0.3 is 7.12 Å². The normalized spacial score (nSPS) is 17.5. The Balaban J connectivity index is 1.64. The fraction of sp³-hybridized carbons (Fsp3) is 0.333. The molecule has 0 bridgehead atoms. The van der Waals surface area contributed by atoms with Crippen LogP contribution in [0.15, 0.2) is 48.4 Å². The van der Waals surface area contributed by atoms with E-state index < -0.39 is 7.12 Å². The molecule has 2 aromatic carbocycles. The van der Waals surface area contributed by atoms with E-state index in [0.29, 0.717) is 6.61 Å². The summed E-state index contributed by atoms with van der Waals surface area (Å²) in [7, 11) is 0.871. The molecule has 0 aromatic heterocycles. The third-order valence-electron chi connectivity index (χ3n) is 5.08. The predicted molar refractivity (Wildman–Crippen MR) is 103 cm³/mol. The summed E-state index contributed by atoms with van der Waals surface area (Å²) in [5, 5.41) is 9.55. The molecular formula is C21H23BO4. The highest BCUT2D eigenvalue weighted by Crippen LogP contribution is 2.36. The third kappa shape index (κ3) is 3.64. The zero-order valence-electron chi connectivity index (χ0n) is 15.0. The Bertz CT molecular complexity index is 811. The topological polar surface area (TPSA) is 47.9 Å². The zero-order valence-corrected chi connectivity index (χ0v) is 15.0. The monoisotopic (exact) mass is 350 g/mol. The molecule has 1 fully saturated rings. The van der Waals surface area contributed by atoms with E-state index >= 15 is 0 Å². The van der Waals surface area contributed by atoms with Gasteiger partial charge in [-0.15, -0.1) is 0 Å². The third-order valence-corrected chi connectivity index (χ3v) is 5.08. The van der Waals surface area contributed by atoms with Crippen LogP contribution >= 0.6 is 0 Å². The summed E-state index contributed by atoms with van der Waals surface area (Å²) < 4.78 is 16.9. The van der Waals surface area contributed by atoms with Crippen LogP contribution in [0.5, 0.6) is 11.5 Å². The lowest BCUT2D eigenvalue weighted by Crippen LogP contribution is -2.11. The molecular weight excluding hydrogens is 327 g/mol. The van der Waals surface area contributed by atoms with Crippen molar-refractivity contribution in [1.82, 2.24) is 0 Å². The minimum absolute atomic E-state index is 0.285. The van der Waals surface area contributed by atoms with Crippen LogP contribution in [0.2, 0.25) is 0 Å². The van der Waals surface area contributed by atoms with Crippen LogP contribution < -0.4 is 9.47 Å². The highest BCUT2D eigenvalue weighted by atomic mass is 16.5. The van der Waals surface area contributed by atoms with Gasteiger partial charge in [0.25, 0.3) is 0 Å². The Hall–Kier alpha value is -2.24. The lowest BCUT2D eigenvalue weighted by atomic mass is 9.89. The van der Waals surface area contributed by atoms with Gasteiger partial charge in [0.05, 0.1) is 19.8 Å². The van der Waals surface area contributed by atoms with Gasteiger partial charge in [0.2, 0.25) is 0 Å². The van der Waals surface area contributed by atoms with E-state index in [1.165, 1.54) is 12.8 Å². The minimum atomic E-state index is -0.805. The SMILES string of the molecule is COc1ccc(-c2cccc(C3=CB(O)OC3)c2)cc1OC1CCCC1. The fourth-order valence-electron chi connectivity index (χ4n) is 3.66. The van der Waals surface area contributed by atoms with E-state index in [-0.39, 0.29) is 6.10 Å². The lowest BCUT2D eigenvalue weighted by Gasteiger charge is -2.17. The van der Waals surface area contributed by atoms with Crippen molar-refractivity contribution in [2.45, 2.75) is 31.8 Å². The Morgan fingerprint density at radius 2 is 1.77 bits per heavy atom. The van der Waals surface area contributed by atoms with Gasteiger partial charge in [0.15, 0.2) is 11.5 Å². The Morgan fingerprint density at radius 3 is 2.50 bits per heavy atom. The van der Waals surface area contributed by atoms with Gasteiger partial charge in [-0.2, -0.15) is 0 Å². The van der Waals surface area contributed by atoms with Crippen molar-refractivity contribution >= 4 is 12.7 Å². The van der Waals surface area contributed by atoms with Crippen molar-refractivity contribution < 1.29 is 19.2 Å². The summed E-state index contributed by atoms with van der Waals surface area (Å²) in [6, 6.07) is 14.3. The summed E-state index contributed by atoms with van der Waals surface area (Å²) >= 11 is 0. The molecule has 1 heterocycles. The first-order valence-electron chi connectivity index (χ1n) is 9.19. The molecule has 0 atom stereocenters. The zero-order chi connectivity index (χ0) is 17.9. The summed E-state index contributed by atoms with van der Waals surface area (Å²) in [6.45, 7) is 0.434. The molecule has 2 aromatic rings. The second-order valence-electron chi connectivity index (χ2n) is 6.86. The van der Waals surface area contributed by atoms with Crippen LogP contribution in [0.1, 0.15) is 31.2 Å². The molecule has 0 spiro atoms. The molecule has 26 heavy (non-hydrogen) atoms. The smallest absolute Gasteiger partial charge is 0.484 e. The number of methoxy groups -OCH3 is 1. The van der Waals surface area contributed by atoms with Crippen LogP contribution in [-0.2, 0) is 4.65 Å². The molecule has 0 unspecified atom stereocenters. The van der Waals surface area contributed by atoms with E-state index in [9.17, 15) is 5.02 Å². The number of benzene rings is 2. The van der Waals surface area contributed by atoms with Crippen LogP contribution in [0.4, 0.5) is 0 Å². The second-order valence-corrected chi connectivity index (χ2v) is 6.86. The molecule has 4 rings (SSSR count). The Kier molecular flexibility index (Phi) is 5.00. The first kappa shape index (κ1) is 17.2. The Labute approximate surface area is 154 Å². The fourth-order valence-corrected chi connectivity index (χ4v) is 3.66. The molecule has 5 heteroatoms. The maximum absolute atomic E-state index is 9.55. The lowest BCUT2D eigenvalue weighted by molar-refractivity contribution is 0.201. The van der Waals surface area contributed by atoms with Crippen molar-refractivity contribution in [3.8, 4) is 22.6 Å². The van der Waals surface area contributed by atoms with Gasteiger partial charge < -0.3 is 19.2 Å². The van der Waals surface area contributed by atoms with Crippen molar-refractivity contribution in [3.05, 3.63) is 54.0 Å². The molecule has 0 saturated heterocycles. The van der Waals surface area contributed by atoms with Crippen LogP contribution in [0, 0.1) is 0 Å². The molecule has 1 aliphatic carbocycles. The maximum atomic E-state index is 9.55. The molecule has 1 aliphatic heterocycles. The van der Waals surface area contributed by atoms with Crippen molar-refractivity contribution in [2.24, 2.45) is 0 Å². The van der Waals surface area contributed by atoms with Crippen molar-refractivity contribution in [3.63, 3.8) is 0 Å². The van der Waals surface area contributed by atoms with E-state index in [4.69, 9.17) is 14.1 Å². The molecule has 0 radical (unpaired) electrons. The number of ether oxygens (including phenoxy) is 2. The summed E-state index contributed by atoms with van der Waals surface area (Å²) in [5.41, 5.74) is 4.26. The van der Waals surface area contributed by atoms with Gasteiger partial charge in [0.1, 0.15) is 0 Å². The minimum Gasteiger partial charge on any atom is -0.493 e. The average Bonchev–Trinajstić information content (AvgIpc) is 3.33. The van der Waals surface area contributed by atoms with E-state index in [1.807, 2.05) is 24.3 Å². The first-order chi connectivity index (χ1) is 12.7. The van der Waals surface area contributed by atoms with Crippen LogP contribution in [-0.4, -0.2) is 32.0 Å². The molecule has 134 valence electrons. The number of hydrogen-bond acceptors (Lipinski definition) is 4. The van der Waals surface area contributed by atoms with Gasteiger partial charge in [-0.25, -0.2) is 0 Å². The molecule has 2 aliphatic rings. The standard InChI is InChI=1S/C21H23BO4/c1-24-20-10-9-17(12-21(20)26-19-7-2-3-8-19)15-5-4-6-16(11-15)18-13-22(23)25-14-18/h4-6,9-13,19,23H,2-3,7-8,14H2,1H3. The van der Waals surface area contributed by atoms with Gasteiger partial charge in [-0.3, -0.25) is 0 Å². The number of rotatable bonds is 5. The molecule has 1 saturated carbocycles. The van der Waals surface area contributed by atoms with Gasteiger partial charge in [-0.1, -0.05) is 24.3 Å². The van der Waals surface area contributed by atoms with Crippen LogP contribution in [0.3, 0.4) is 0 Å². The number of hydrogen-bond donors (Lipinski definition) is 1. The molecule has 1 N–H and O–H groups in total. The highest BCUT2D eigenvalue weighted by molar-refractivity contribution is 6.52. The van der Waals surface area contributed by atoms with Crippen molar-refractivity contribution in [2.75, 3.05) is 13.7 Å². The quantitative estimate of drug-likeness (QED) is 0.825. The van der Waals surface area contributed by atoms with Gasteiger partial charge in [0, 0.05) is 0 Å². The summed E-state index contributed by atoms with van der Waals surface area (Å²) in [4.78, 5) is 0. The summed E-state index contributed by atoms with van der Waals surface area (Å²) in [6.07, 6.45) is 4.97.